The molecule has 0 amide bonds. The average Bonchev–Trinajstić information content (AvgIpc) is 2.04. The minimum absolute atomic E-state index is 0. The van der Waals surface area contributed by atoms with Crippen molar-refractivity contribution in [1.29, 1.82) is 0 Å². The summed E-state index contributed by atoms with van der Waals surface area (Å²) in [4.78, 5) is 21.0. The van der Waals surface area contributed by atoms with Crippen LogP contribution < -0.4 is 5.32 Å². The molecule has 76 valence electrons. The van der Waals surface area contributed by atoms with Crippen LogP contribution in [0.2, 0.25) is 0 Å². The van der Waals surface area contributed by atoms with E-state index in [0.29, 0.717) is 13.0 Å². The Hall–Kier alpha value is -0.810. The van der Waals surface area contributed by atoms with Gasteiger partial charge in [0.05, 0.1) is 5.92 Å². The second kappa shape index (κ2) is 5.04. The molecule has 13 heavy (non-hydrogen) atoms. The Kier molecular flexibility index (Phi) is 4.72. The molecule has 0 spiro atoms. The SMILES string of the molecule is Cl.O=C(O)[C@H]1CCN[C@@H](C(=O)O)C1. The van der Waals surface area contributed by atoms with E-state index in [1.807, 2.05) is 0 Å². The van der Waals surface area contributed by atoms with Crippen LogP contribution in [0.4, 0.5) is 0 Å². The molecule has 0 aliphatic carbocycles. The molecule has 1 aliphatic heterocycles. The molecule has 1 rings (SSSR count). The molecule has 0 radical (unpaired) electrons. The lowest BCUT2D eigenvalue weighted by atomic mass is 9.93. The molecule has 0 aromatic rings. The molecule has 2 atom stereocenters. The monoisotopic (exact) mass is 209 g/mol. The first-order valence-corrected chi connectivity index (χ1v) is 3.80. The lowest BCUT2D eigenvalue weighted by Crippen LogP contribution is -2.45. The predicted molar refractivity (Wildman–Crippen MR) is 47.0 cm³/mol. The van der Waals surface area contributed by atoms with Gasteiger partial charge in [-0.05, 0) is 19.4 Å². The number of rotatable bonds is 2. The Labute approximate surface area is 81.5 Å². The summed E-state index contributed by atoms with van der Waals surface area (Å²) in [5.74, 6) is -2.38. The van der Waals surface area contributed by atoms with Crippen LogP contribution in [0, 0.1) is 5.92 Å². The zero-order valence-corrected chi connectivity index (χ0v) is 7.71. The van der Waals surface area contributed by atoms with Crippen LogP contribution in [0.25, 0.3) is 0 Å². The third-order valence-electron chi connectivity index (χ3n) is 2.05. The summed E-state index contributed by atoms with van der Waals surface area (Å²) in [5, 5.41) is 19.9. The van der Waals surface area contributed by atoms with Crippen molar-refractivity contribution in [3.05, 3.63) is 0 Å². The van der Waals surface area contributed by atoms with E-state index in [9.17, 15) is 9.59 Å². The number of halogens is 1. The summed E-state index contributed by atoms with van der Waals surface area (Å²) < 4.78 is 0. The largest absolute Gasteiger partial charge is 0.481 e. The summed E-state index contributed by atoms with van der Waals surface area (Å²) in [6.07, 6.45) is 0.698. The highest BCUT2D eigenvalue weighted by molar-refractivity contribution is 5.85. The molecule has 6 heteroatoms. The van der Waals surface area contributed by atoms with E-state index in [0.717, 1.165) is 0 Å². The van der Waals surface area contributed by atoms with Crippen molar-refractivity contribution in [1.82, 2.24) is 5.32 Å². The molecule has 1 saturated heterocycles. The van der Waals surface area contributed by atoms with E-state index in [1.165, 1.54) is 0 Å². The van der Waals surface area contributed by atoms with Gasteiger partial charge in [-0.2, -0.15) is 0 Å². The predicted octanol–water partition coefficient (Wildman–Crippen LogP) is -0.0544. The Morgan fingerprint density at radius 2 is 1.85 bits per heavy atom. The Balaban J connectivity index is 0.00000144. The van der Waals surface area contributed by atoms with E-state index in [-0.39, 0.29) is 18.8 Å². The van der Waals surface area contributed by atoms with E-state index in [4.69, 9.17) is 10.2 Å². The molecule has 3 N–H and O–H groups in total. The lowest BCUT2D eigenvalue weighted by Gasteiger charge is -2.24. The first-order valence-electron chi connectivity index (χ1n) is 3.80. The summed E-state index contributed by atoms with van der Waals surface area (Å²) in [7, 11) is 0. The zero-order chi connectivity index (χ0) is 9.14. The molecule has 0 bridgehead atoms. The molecular formula is C7H12ClNO4. The fraction of sp³-hybridized carbons (Fsp3) is 0.714. The maximum Gasteiger partial charge on any atom is 0.320 e. The van der Waals surface area contributed by atoms with Crippen molar-refractivity contribution in [3.8, 4) is 0 Å². The average molecular weight is 210 g/mol. The second-order valence-electron chi connectivity index (χ2n) is 2.90. The molecule has 1 fully saturated rings. The van der Waals surface area contributed by atoms with E-state index in [2.05, 4.69) is 5.32 Å². The molecule has 1 heterocycles. The van der Waals surface area contributed by atoms with E-state index in [1.54, 1.807) is 0 Å². The van der Waals surface area contributed by atoms with Gasteiger partial charge in [-0.25, -0.2) is 0 Å². The minimum Gasteiger partial charge on any atom is -0.481 e. The number of nitrogens with one attached hydrogen (secondary N) is 1. The van der Waals surface area contributed by atoms with Gasteiger partial charge in [-0.1, -0.05) is 0 Å². The summed E-state index contributed by atoms with van der Waals surface area (Å²) in [5.41, 5.74) is 0. The molecule has 0 unspecified atom stereocenters. The fourth-order valence-electron chi connectivity index (χ4n) is 1.33. The van der Waals surface area contributed by atoms with Gasteiger partial charge < -0.3 is 15.5 Å². The topological polar surface area (TPSA) is 86.6 Å². The number of aliphatic carboxylic acids is 2. The van der Waals surface area contributed by atoms with Crippen molar-refractivity contribution in [3.63, 3.8) is 0 Å². The number of carboxylic acid groups (broad SMARTS) is 2. The molecular weight excluding hydrogens is 198 g/mol. The summed E-state index contributed by atoms with van der Waals surface area (Å²) in [6, 6.07) is -0.695. The highest BCUT2D eigenvalue weighted by Crippen LogP contribution is 2.16. The number of hydrogen-bond donors (Lipinski definition) is 3. The Morgan fingerprint density at radius 1 is 1.23 bits per heavy atom. The molecule has 0 saturated carbocycles. The van der Waals surface area contributed by atoms with Crippen molar-refractivity contribution in [2.75, 3.05) is 6.54 Å². The third kappa shape index (κ3) is 3.20. The van der Waals surface area contributed by atoms with E-state index >= 15 is 0 Å². The summed E-state index contributed by atoms with van der Waals surface area (Å²) >= 11 is 0. The van der Waals surface area contributed by atoms with Gasteiger partial charge in [0.2, 0.25) is 0 Å². The molecule has 1 aliphatic rings. The standard InChI is InChI=1S/C7H11NO4.ClH/c9-6(10)4-1-2-8-5(3-4)7(11)12;/h4-5,8H,1-3H2,(H,9,10)(H,11,12);1H/t4-,5+;/m0./s1. The number of hydrogen-bond acceptors (Lipinski definition) is 3. The fourth-order valence-corrected chi connectivity index (χ4v) is 1.33. The number of piperidine rings is 1. The van der Waals surface area contributed by atoms with Crippen molar-refractivity contribution < 1.29 is 19.8 Å². The lowest BCUT2D eigenvalue weighted by molar-refractivity contribution is -0.145. The van der Waals surface area contributed by atoms with Gasteiger partial charge in [0.25, 0.3) is 0 Å². The number of carbonyl (C=O) groups is 2. The zero-order valence-electron chi connectivity index (χ0n) is 6.90. The van der Waals surface area contributed by atoms with Gasteiger partial charge in [-0.3, -0.25) is 9.59 Å². The summed E-state index contributed by atoms with van der Waals surface area (Å²) in [6.45, 7) is 0.466. The first-order chi connectivity index (χ1) is 5.61. The smallest absolute Gasteiger partial charge is 0.320 e. The van der Waals surface area contributed by atoms with Crippen molar-refractivity contribution >= 4 is 24.3 Å². The molecule has 5 nitrogen and oxygen atoms in total. The quantitative estimate of drug-likeness (QED) is 0.594. The van der Waals surface area contributed by atoms with Crippen LogP contribution in [0.3, 0.4) is 0 Å². The van der Waals surface area contributed by atoms with Crippen LogP contribution in [0.15, 0.2) is 0 Å². The first kappa shape index (κ1) is 12.2. The third-order valence-corrected chi connectivity index (χ3v) is 2.05. The maximum atomic E-state index is 10.5. The van der Waals surface area contributed by atoms with Gasteiger partial charge in [0.1, 0.15) is 6.04 Å². The van der Waals surface area contributed by atoms with E-state index < -0.39 is 23.9 Å². The van der Waals surface area contributed by atoms with Crippen LogP contribution in [-0.2, 0) is 9.59 Å². The van der Waals surface area contributed by atoms with Crippen LogP contribution >= 0.6 is 12.4 Å². The maximum absolute atomic E-state index is 10.5. The van der Waals surface area contributed by atoms with Crippen molar-refractivity contribution in [2.24, 2.45) is 5.92 Å². The van der Waals surface area contributed by atoms with Crippen LogP contribution in [0.5, 0.6) is 0 Å². The van der Waals surface area contributed by atoms with Crippen LogP contribution in [-0.4, -0.2) is 34.7 Å². The Bertz CT molecular complexity index is 189. The Morgan fingerprint density at radius 3 is 2.31 bits per heavy atom. The van der Waals surface area contributed by atoms with Crippen LogP contribution in [0.1, 0.15) is 12.8 Å². The highest BCUT2D eigenvalue weighted by Gasteiger charge is 2.30. The van der Waals surface area contributed by atoms with Crippen molar-refractivity contribution in [2.45, 2.75) is 18.9 Å². The highest BCUT2D eigenvalue weighted by atomic mass is 35.5. The van der Waals surface area contributed by atoms with Gasteiger partial charge in [0, 0.05) is 0 Å². The van der Waals surface area contributed by atoms with Gasteiger partial charge >= 0.3 is 11.9 Å². The molecule has 0 aromatic carbocycles. The normalized spacial score (nSPS) is 27.4. The number of carboxylic acids is 2. The van der Waals surface area contributed by atoms with Gasteiger partial charge in [-0.15, -0.1) is 12.4 Å². The second-order valence-corrected chi connectivity index (χ2v) is 2.90. The van der Waals surface area contributed by atoms with Gasteiger partial charge in [0.15, 0.2) is 0 Å². The molecule has 0 aromatic heterocycles. The minimum atomic E-state index is -0.971.